The maximum absolute atomic E-state index is 10.9. The molecule has 1 amide bonds. The van der Waals surface area contributed by atoms with E-state index in [0.29, 0.717) is 5.56 Å². The van der Waals surface area contributed by atoms with Crippen molar-refractivity contribution >= 4 is 5.91 Å². The van der Waals surface area contributed by atoms with Crippen LogP contribution in [0.1, 0.15) is 10.4 Å². The van der Waals surface area contributed by atoms with Gasteiger partial charge in [-0.05, 0) is 0 Å². The molecule has 1 rings (SSSR count). The van der Waals surface area contributed by atoms with Crippen molar-refractivity contribution in [3.8, 4) is 0 Å². The van der Waals surface area contributed by atoms with Crippen molar-refractivity contribution in [3.63, 3.8) is 0 Å². The first kappa shape index (κ1) is 11.3. The fourth-order valence-electron chi connectivity index (χ4n) is 0.679. The van der Waals surface area contributed by atoms with Gasteiger partial charge in [-0.1, -0.05) is 5.56 Å². The predicted molar refractivity (Wildman–Crippen MR) is 38.7 cm³/mol. The molecule has 2 nitrogen and oxygen atoms in total. The fraction of sp³-hybridized carbons (Fsp3) is 0.125. The zero-order valence-corrected chi connectivity index (χ0v) is 9.84. The van der Waals surface area contributed by atoms with Crippen LogP contribution < -0.4 is 56.7 Å². The average molecular weight is 173 g/mol. The molecule has 52 valence electrons. The van der Waals surface area contributed by atoms with Crippen molar-refractivity contribution in [3.05, 3.63) is 35.9 Å². The minimum absolute atomic E-state index is 0. The van der Waals surface area contributed by atoms with Gasteiger partial charge >= 0.3 is 51.4 Å². The van der Waals surface area contributed by atoms with Crippen molar-refractivity contribution in [2.45, 2.75) is 0 Å². The summed E-state index contributed by atoms with van der Waals surface area (Å²) in [5, 5.41) is 2.52. The number of benzene rings is 1. The molecule has 0 atom stereocenters. The molecule has 0 aliphatic carbocycles. The largest absolute Gasteiger partial charge is 1.00 e. The van der Waals surface area contributed by atoms with Gasteiger partial charge in [0.25, 0.3) is 0 Å². The summed E-state index contributed by atoms with van der Waals surface area (Å²) in [5.41, 5.74) is 0.644. The van der Waals surface area contributed by atoms with Crippen LogP contribution in [0.3, 0.4) is 0 Å². The van der Waals surface area contributed by atoms with Crippen LogP contribution in [0.25, 0.3) is 0 Å². The van der Waals surface area contributed by atoms with Gasteiger partial charge in [0.1, 0.15) is 0 Å². The van der Waals surface area contributed by atoms with Crippen LogP contribution in [0, 0.1) is 6.07 Å². The normalized spacial score (nSPS) is 8.09. The first-order valence-electron chi connectivity index (χ1n) is 3.03. The Morgan fingerprint density at radius 3 is 2.82 bits per heavy atom. The van der Waals surface area contributed by atoms with E-state index in [2.05, 4.69) is 11.4 Å². The molecule has 0 bridgehead atoms. The third-order valence-electron chi connectivity index (χ3n) is 1.20. The van der Waals surface area contributed by atoms with Gasteiger partial charge in [-0.2, -0.15) is 30.3 Å². The summed E-state index contributed by atoms with van der Waals surface area (Å²) in [7, 11) is 1.61. The molecule has 0 fully saturated rings. The van der Waals surface area contributed by atoms with Gasteiger partial charge in [0, 0.05) is 7.05 Å². The number of rotatable bonds is 1. The van der Waals surface area contributed by atoms with Crippen molar-refractivity contribution < 1.29 is 56.2 Å². The molecule has 0 radical (unpaired) electrons. The summed E-state index contributed by atoms with van der Waals surface area (Å²) in [5.74, 6) is -0.0724. The Hall–Kier alpha value is 0.326. The molecular formula is C8H8KNO. The molecule has 0 saturated carbocycles. The van der Waals surface area contributed by atoms with E-state index in [0.717, 1.165) is 0 Å². The summed E-state index contributed by atoms with van der Waals surface area (Å²) in [4.78, 5) is 10.9. The van der Waals surface area contributed by atoms with Crippen LogP contribution in [0.4, 0.5) is 0 Å². The van der Waals surface area contributed by atoms with Gasteiger partial charge in [-0.25, -0.2) is 0 Å². The van der Waals surface area contributed by atoms with Crippen LogP contribution in [0.5, 0.6) is 0 Å². The van der Waals surface area contributed by atoms with E-state index < -0.39 is 0 Å². The Labute approximate surface area is 109 Å². The third-order valence-corrected chi connectivity index (χ3v) is 1.20. The van der Waals surface area contributed by atoms with Gasteiger partial charge in [-0.3, -0.25) is 4.79 Å². The van der Waals surface area contributed by atoms with Gasteiger partial charge in [0.05, 0.1) is 0 Å². The topological polar surface area (TPSA) is 29.1 Å². The summed E-state index contributed by atoms with van der Waals surface area (Å²) in [6, 6.07) is 9.75. The number of nitrogens with one attached hydrogen (secondary N) is 1. The number of carbonyl (C=O) groups is 1. The second-order valence-electron chi connectivity index (χ2n) is 1.87. The molecule has 0 saturated heterocycles. The van der Waals surface area contributed by atoms with Crippen molar-refractivity contribution in [2.24, 2.45) is 0 Å². The Balaban J connectivity index is 0.000001000. The van der Waals surface area contributed by atoms with Crippen molar-refractivity contribution in [2.75, 3.05) is 7.05 Å². The second kappa shape index (κ2) is 5.91. The number of hydrogen-bond donors (Lipinski definition) is 1. The number of amides is 1. The van der Waals surface area contributed by atoms with Gasteiger partial charge in [0.2, 0.25) is 0 Å². The average Bonchev–Trinajstić information content (AvgIpc) is 2.05. The SMILES string of the molecule is CNC(=O)c1c[c-]ccc1.[K+]. The zero-order valence-electron chi connectivity index (χ0n) is 6.72. The standard InChI is InChI=1S/C8H8NO.K/c1-9-8(10)7-5-3-2-4-6-7;/h2-3,5-6H,1H3,(H,9,10);/q-1;+1. The molecule has 1 N–H and O–H groups in total. The Kier molecular flexibility index (Phi) is 6.09. The van der Waals surface area contributed by atoms with Gasteiger partial charge in [-0.15, -0.1) is 0 Å². The predicted octanol–water partition coefficient (Wildman–Crippen LogP) is -2.15. The van der Waals surface area contributed by atoms with Crippen molar-refractivity contribution in [1.29, 1.82) is 0 Å². The molecule has 1 aromatic rings. The van der Waals surface area contributed by atoms with E-state index in [9.17, 15) is 4.79 Å². The number of carbonyl (C=O) groups excluding carboxylic acids is 1. The first-order chi connectivity index (χ1) is 4.84. The summed E-state index contributed by atoms with van der Waals surface area (Å²) >= 11 is 0. The molecule has 3 heteroatoms. The van der Waals surface area contributed by atoms with Crippen LogP contribution >= 0.6 is 0 Å². The van der Waals surface area contributed by atoms with E-state index >= 15 is 0 Å². The molecule has 0 spiro atoms. The van der Waals surface area contributed by atoms with E-state index in [1.54, 1.807) is 31.3 Å². The Morgan fingerprint density at radius 1 is 1.64 bits per heavy atom. The maximum Gasteiger partial charge on any atom is 1.00 e. The number of hydrogen-bond acceptors (Lipinski definition) is 1. The summed E-state index contributed by atoms with van der Waals surface area (Å²) < 4.78 is 0. The minimum atomic E-state index is -0.0724. The van der Waals surface area contributed by atoms with Crippen LogP contribution in [0.2, 0.25) is 0 Å². The molecule has 0 aliphatic heterocycles. The fourth-order valence-corrected chi connectivity index (χ4v) is 0.679. The minimum Gasteiger partial charge on any atom is -0.366 e. The van der Waals surface area contributed by atoms with E-state index in [-0.39, 0.29) is 57.3 Å². The van der Waals surface area contributed by atoms with Gasteiger partial charge in [0.15, 0.2) is 5.91 Å². The van der Waals surface area contributed by atoms with E-state index in [4.69, 9.17) is 0 Å². The van der Waals surface area contributed by atoms with E-state index in [1.807, 2.05) is 0 Å². The monoisotopic (exact) mass is 173 g/mol. The molecule has 0 heterocycles. The van der Waals surface area contributed by atoms with Crippen molar-refractivity contribution in [1.82, 2.24) is 5.32 Å². The quantitative estimate of drug-likeness (QED) is 0.381. The van der Waals surface area contributed by atoms with Gasteiger partial charge < -0.3 is 5.32 Å². The first-order valence-corrected chi connectivity index (χ1v) is 3.03. The third kappa shape index (κ3) is 3.49. The van der Waals surface area contributed by atoms with Crippen LogP contribution in [-0.2, 0) is 0 Å². The smallest absolute Gasteiger partial charge is 0.366 e. The Bertz CT molecular complexity index is 223. The molecular weight excluding hydrogens is 165 g/mol. The maximum atomic E-state index is 10.9. The molecule has 0 aromatic heterocycles. The zero-order chi connectivity index (χ0) is 7.40. The van der Waals surface area contributed by atoms with E-state index in [1.165, 1.54) is 0 Å². The second-order valence-corrected chi connectivity index (χ2v) is 1.87. The Morgan fingerprint density at radius 2 is 2.36 bits per heavy atom. The summed E-state index contributed by atoms with van der Waals surface area (Å²) in [6.07, 6.45) is 0. The summed E-state index contributed by atoms with van der Waals surface area (Å²) in [6.45, 7) is 0. The molecule has 0 unspecified atom stereocenters. The van der Waals surface area contributed by atoms with Crippen LogP contribution in [-0.4, -0.2) is 13.0 Å². The molecule has 11 heavy (non-hydrogen) atoms. The molecule has 1 aromatic carbocycles. The van der Waals surface area contributed by atoms with Crippen LogP contribution in [0.15, 0.2) is 24.3 Å². The molecule has 0 aliphatic rings.